The Kier molecular flexibility index (Phi) is 52.4. The maximum Gasteiger partial charge on any atom is 0.306 e. The first-order chi connectivity index (χ1) is 33.5. The van der Waals surface area contributed by atoms with Crippen molar-refractivity contribution in [1.82, 2.24) is 0 Å². The third kappa shape index (κ3) is 53.0. The number of hydrogen-bond donors (Lipinski definition) is 0. The Bertz CT molecular complexity index is 1410. The molecule has 0 aliphatic rings. The van der Waals surface area contributed by atoms with E-state index in [0.29, 0.717) is 19.3 Å². The van der Waals surface area contributed by atoms with Crippen LogP contribution in [0.15, 0.2) is 109 Å². The summed E-state index contributed by atoms with van der Waals surface area (Å²) in [6, 6.07) is 0. The van der Waals surface area contributed by atoms with Gasteiger partial charge in [-0.3, -0.25) is 14.4 Å². The molecule has 0 aliphatic carbocycles. The van der Waals surface area contributed by atoms with Crippen molar-refractivity contribution in [2.45, 2.75) is 252 Å². The summed E-state index contributed by atoms with van der Waals surface area (Å²) >= 11 is 0. The topological polar surface area (TPSA) is 78.9 Å². The molecule has 0 saturated heterocycles. The number of unbranched alkanes of at least 4 members (excludes halogenated alkanes) is 20. The Morgan fingerprint density at radius 3 is 0.956 bits per heavy atom. The lowest BCUT2D eigenvalue weighted by Gasteiger charge is -2.18. The minimum absolute atomic E-state index is 0.112. The molecule has 1 unspecified atom stereocenters. The second kappa shape index (κ2) is 55.7. The molecule has 0 aromatic rings. The summed E-state index contributed by atoms with van der Waals surface area (Å²) in [5.41, 5.74) is 0. The second-order valence-electron chi connectivity index (χ2n) is 18.1. The monoisotopic (exact) mass is 943 g/mol. The third-order valence-electron chi connectivity index (χ3n) is 11.5. The Labute approximate surface area is 419 Å². The number of rotatable bonds is 49. The number of carbonyl (C=O) groups is 3. The molecule has 0 aliphatic heterocycles. The first-order valence-corrected chi connectivity index (χ1v) is 27.9. The van der Waals surface area contributed by atoms with Crippen LogP contribution >= 0.6 is 0 Å². The van der Waals surface area contributed by atoms with Gasteiger partial charge in [0.15, 0.2) is 6.10 Å². The standard InChI is InChI=1S/C62H102O6/c1-4-7-10-13-16-19-22-25-28-30-31-32-35-37-40-43-46-49-52-55-61(64)67-58-59(57-66-60(63)54-51-48-45-42-39-36-33-27-24-21-18-15-12-9-6-3)68-62(65)56-53-50-47-44-41-38-34-29-26-23-20-17-14-11-8-5-2/h7-8,10-11,16-17,19-20,25-26,28-29,31-32,38,41,47,50,59H,4-6,9,12-15,18,21-24,27,30,33-37,39-40,42-46,48-49,51-58H2,1-3H3/b10-7-,11-8-,19-16-,20-17-,28-25-,29-26-,32-31-,41-38-,50-47-. The molecule has 6 nitrogen and oxygen atoms in total. The molecule has 0 spiro atoms. The van der Waals surface area contributed by atoms with E-state index < -0.39 is 12.1 Å². The van der Waals surface area contributed by atoms with E-state index >= 15 is 0 Å². The van der Waals surface area contributed by atoms with Gasteiger partial charge in [-0.15, -0.1) is 0 Å². The van der Waals surface area contributed by atoms with Gasteiger partial charge in [0, 0.05) is 19.3 Å². The van der Waals surface area contributed by atoms with Gasteiger partial charge < -0.3 is 14.2 Å². The highest BCUT2D eigenvalue weighted by Crippen LogP contribution is 2.15. The van der Waals surface area contributed by atoms with Crippen molar-refractivity contribution in [2.75, 3.05) is 13.2 Å². The summed E-state index contributed by atoms with van der Waals surface area (Å²) in [6.07, 6.45) is 75.1. The fraction of sp³-hybridized carbons (Fsp3) is 0.661. The highest BCUT2D eigenvalue weighted by molar-refractivity contribution is 5.71. The summed E-state index contributed by atoms with van der Waals surface area (Å²) in [6.45, 7) is 6.34. The number of ether oxygens (including phenoxy) is 3. The number of allylic oxidation sites excluding steroid dienone is 18. The Morgan fingerprint density at radius 1 is 0.309 bits per heavy atom. The molecule has 0 amide bonds. The van der Waals surface area contributed by atoms with E-state index in [1.54, 1.807) is 0 Å². The van der Waals surface area contributed by atoms with Gasteiger partial charge in [-0.25, -0.2) is 0 Å². The fourth-order valence-corrected chi connectivity index (χ4v) is 7.42. The van der Waals surface area contributed by atoms with Gasteiger partial charge >= 0.3 is 17.9 Å². The van der Waals surface area contributed by atoms with E-state index in [0.717, 1.165) is 109 Å². The largest absolute Gasteiger partial charge is 0.462 e. The second-order valence-corrected chi connectivity index (χ2v) is 18.1. The van der Waals surface area contributed by atoms with Crippen LogP contribution in [0.3, 0.4) is 0 Å². The van der Waals surface area contributed by atoms with Crippen LogP contribution in [0.4, 0.5) is 0 Å². The van der Waals surface area contributed by atoms with Gasteiger partial charge in [-0.1, -0.05) is 246 Å². The highest BCUT2D eigenvalue weighted by atomic mass is 16.6. The maximum absolute atomic E-state index is 12.8. The van der Waals surface area contributed by atoms with Gasteiger partial charge in [0.25, 0.3) is 0 Å². The average molecular weight is 943 g/mol. The lowest BCUT2D eigenvalue weighted by Crippen LogP contribution is -2.30. The zero-order valence-corrected chi connectivity index (χ0v) is 44.1. The lowest BCUT2D eigenvalue weighted by molar-refractivity contribution is -0.166. The minimum atomic E-state index is -0.824. The minimum Gasteiger partial charge on any atom is -0.462 e. The van der Waals surface area contributed by atoms with Crippen LogP contribution in [-0.2, 0) is 28.6 Å². The molecule has 0 rings (SSSR count). The Morgan fingerprint density at radius 2 is 0.603 bits per heavy atom. The molecule has 6 heteroatoms. The molecule has 0 aromatic carbocycles. The zero-order chi connectivity index (χ0) is 49.3. The number of hydrogen-bond acceptors (Lipinski definition) is 6. The molecule has 68 heavy (non-hydrogen) atoms. The Hall–Kier alpha value is -3.93. The molecule has 0 heterocycles. The number of esters is 3. The average Bonchev–Trinajstić information content (AvgIpc) is 3.34. The third-order valence-corrected chi connectivity index (χ3v) is 11.5. The normalized spacial score (nSPS) is 12.9. The molecule has 0 N–H and O–H groups in total. The zero-order valence-electron chi connectivity index (χ0n) is 44.1. The molecular weight excluding hydrogens is 841 g/mol. The lowest BCUT2D eigenvalue weighted by atomic mass is 10.0. The van der Waals surface area contributed by atoms with E-state index in [4.69, 9.17) is 14.2 Å². The van der Waals surface area contributed by atoms with E-state index in [1.165, 1.54) is 89.9 Å². The van der Waals surface area contributed by atoms with E-state index in [1.807, 2.05) is 12.2 Å². The van der Waals surface area contributed by atoms with E-state index in [-0.39, 0.29) is 31.6 Å². The molecule has 0 radical (unpaired) electrons. The summed E-state index contributed by atoms with van der Waals surface area (Å²) in [4.78, 5) is 38.1. The summed E-state index contributed by atoms with van der Waals surface area (Å²) in [7, 11) is 0. The van der Waals surface area contributed by atoms with Crippen molar-refractivity contribution in [2.24, 2.45) is 0 Å². The van der Waals surface area contributed by atoms with E-state index in [9.17, 15) is 14.4 Å². The molecule has 1 atom stereocenters. The fourth-order valence-electron chi connectivity index (χ4n) is 7.42. The molecule has 0 aromatic heterocycles. The van der Waals surface area contributed by atoms with Crippen molar-refractivity contribution in [3.05, 3.63) is 109 Å². The van der Waals surface area contributed by atoms with Crippen LogP contribution in [0.25, 0.3) is 0 Å². The van der Waals surface area contributed by atoms with Gasteiger partial charge in [0.05, 0.1) is 0 Å². The first kappa shape index (κ1) is 64.1. The van der Waals surface area contributed by atoms with Crippen molar-refractivity contribution < 1.29 is 28.6 Å². The summed E-state index contributed by atoms with van der Waals surface area (Å²) in [5.74, 6) is -1.01. The van der Waals surface area contributed by atoms with Crippen molar-refractivity contribution >= 4 is 17.9 Å². The summed E-state index contributed by atoms with van der Waals surface area (Å²) in [5, 5.41) is 0. The Balaban J connectivity index is 4.50. The summed E-state index contributed by atoms with van der Waals surface area (Å²) < 4.78 is 16.8. The SMILES string of the molecule is CC/C=C\C/C=C\C/C=C\C/C=C\C/C=C\CCC(=O)OC(COC(=O)CCCCCCCC/C=C\C/C=C\C/C=C\C/C=C\CC)COC(=O)CCCCCCCCCCCCCCCCC. The van der Waals surface area contributed by atoms with Crippen molar-refractivity contribution in [3.8, 4) is 0 Å². The van der Waals surface area contributed by atoms with Crippen molar-refractivity contribution in [1.29, 1.82) is 0 Å². The van der Waals surface area contributed by atoms with Crippen LogP contribution < -0.4 is 0 Å². The molecule has 0 bridgehead atoms. The van der Waals surface area contributed by atoms with Gasteiger partial charge in [0.2, 0.25) is 0 Å². The van der Waals surface area contributed by atoms with Crippen molar-refractivity contribution in [3.63, 3.8) is 0 Å². The van der Waals surface area contributed by atoms with Crippen LogP contribution in [0.2, 0.25) is 0 Å². The van der Waals surface area contributed by atoms with Crippen LogP contribution in [0.1, 0.15) is 245 Å². The maximum atomic E-state index is 12.8. The molecule has 0 fully saturated rings. The van der Waals surface area contributed by atoms with Gasteiger partial charge in [-0.2, -0.15) is 0 Å². The van der Waals surface area contributed by atoms with E-state index in [2.05, 4.69) is 118 Å². The first-order valence-electron chi connectivity index (χ1n) is 27.9. The van der Waals surface area contributed by atoms with Gasteiger partial charge in [-0.05, 0) is 89.9 Å². The van der Waals surface area contributed by atoms with Crippen LogP contribution in [-0.4, -0.2) is 37.2 Å². The molecular formula is C62H102O6. The predicted octanol–water partition coefficient (Wildman–Crippen LogP) is 18.7. The quantitative estimate of drug-likeness (QED) is 0.0262. The van der Waals surface area contributed by atoms with Crippen LogP contribution in [0, 0.1) is 0 Å². The molecule has 386 valence electrons. The number of carbonyl (C=O) groups excluding carboxylic acids is 3. The molecule has 0 saturated carbocycles. The predicted molar refractivity (Wildman–Crippen MR) is 293 cm³/mol. The smallest absolute Gasteiger partial charge is 0.306 e. The van der Waals surface area contributed by atoms with Gasteiger partial charge in [0.1, 0.15) is 13.2 Å². The van der Waals surface area contributed by atoms with Crippen LogP contribution in [0.5, 0.6) is 0 Å². The highest BCUT2D eigenvalue weighted by Gasteiger charge is 2.19.